The highest BCUT2D eigenvalue weighted by molar-refractivity contribution is 5.30. The molecule has 2 rings (SSSR count). The number of hydrogen-bond acceptors (Lipinski definition) is 3. The van der Waals surface area contributed by atoms with Crippen LogP contribution in [0.4, 0.5) is 0 Å². The molecular formula is C17H23N3O. The second kappa shape index (κ2) is 7.18. The molecule has 0 radical (unpaired) electrons. The Labute approximate surface area is 125 Å². The summed E-state index contributed by atoms with van der Waals surface area (Å²) in [5.41, 5.74) is 3.50. The first-order valence-corrected chi connectivity index (χ1v) is 7.43. The maximum Gasteiger partial charge on any atom is 0.347 e. The van der Waals surface area contributed by atoms with Crippen LogP contribution in [0.5, 0.6) is 0 Å². The lowest BCUT2D eigenvalue weighted by Crippen LogP contribution is -2.31. The van der Waals surface area contributed by atoms with Gasteiger partial charge in [-0.25, -0.2) is 9.78 Å². The lowest BCUT2D eigenvalue weighted by molar-refractivity contribution is 0.451. The lowest BCUT2D eigenvalue weighted by atomic mass is 10.0. The van der Waals surface area contributed by atoms with Crippen molar-refractivity contribution >= 4 is 0 Å². The van der Waals surface area contributed by atoms with Crippen LogP contribution in [-0.2, 0) is 6.54 Å². The Morgan fingerprint density at radius 3 is 2.57 bits per heavy atom. The van der Waals surface area contributed by atoms with Crippen molar-refractivity contribution in [3.05, 3.63) is 63.8 Å². The van der Waals surface area contributed by atoms with Crippen LogP contribution in [0.25, 0.3) is 0 Å². The van der Waals surface area contributed by atoms with Gasteiger partial charge in [-0.05, 0) is 38.4 Å². The van der Waals surface area contributed by atoms with Crippen LogP contribution in [0.3, 0.4) is 0 Å². The monoisotopic (exact) mass is 285 g/mol. The zero-order valence-electron chi connectivity index (χ0n) is 13.0. The molecule has 4 heteroatoms. The van der Waals surface area contributed by atoms with Gasteiger partial charge in [0.1, 0.15) is 0 Å². The molecule has 1 aromatic carbocycles. The van der Waals surface area contributed by atoms with Gasteiger partial charge in [0.05, 0.1) is 6.04 Å². The van der Waals surface area contributed by atoms with Gasteiger partial charge in [-0.15, -0.1) is 0 Å². The Hall–Kier alpha value is -1.94. The molecule has 0 aliphatic heterocycles. The highest BCUT2D eigenvalue weighted by Crippen LogP contribution is 2.18. The van der Waals surface area contributed by atoms with Crippen molar-refractivity contribution in [2.24, 2.45) is 0 Å². The largest absolute Gasteiger partial charge is 0.347 e. The highest BCUT2D eigenvalue weighted by atomic mass is 16.1. The van der Waals surface area contributed by atoms with Crippen LogP contribution in [0, 0.1) is 13.8 Å². The van der Waals surface area contributed by atoms with E-state index in [1.165, 1.54) is 22.9 Å². The average molecular weight is 285 g/mol. The van der Waals surface area contributed by atoms with Crippen LogP contribution in [0.2, 0.25) is 0 Å². The maximum absolute atomic E-state index is 11.8. The van der Waals surface area contributed by atoms with Crippen molar-refractivity contribution in [3.8, 4) is 0 Å². The number of aromatic nitrogens is 2. The number of rotatable bonds is 6. The first-order valence-electron chi connectivity index (χ1n) is 7.43. The van der Waals surface area contributed by atoms with Gasteiger partial charge in [0.25, 0.3) is 0 Å². The minimum atomic E-state index is -0.204. The van der Waals surface area contributed by atoms with Gasteiger partial charge >= 0.3 is 5.69 Å². The molecule has 0 saturated carbocycles. The molecule has 1 atom stereocenters. The van der Waals surface area contributed by atoms with Gasteiger partial charge < -0.3 is 5.32 Å². The van der Waals surface area contributed by atoms with Crippen LogP contribution in [0.15, 0.2) is 41.5 Å². The fourth-order valence-corrected chi connectivity index (χ4v) is 2.54. The Morgan fingerprint density at radius 1 is 1.24 bits per heavy atom. The van der Waals surface area contributed by atoms with Crippen LogP contribution in [-0.4, -0.2) is 16.1 Å². The average Bonchev–Trinajstić information content (AvgIpc) is 2.44. The summed E-state index contributed by atoms with van der Waals surface area (Å²) < 4.78 is 1.66. The van der Waals surface area contributed by atoms with Gasteiger partial charge in [-0.2, -0.15) is 0 Å². The predicted molar refractivity (Wildman–Crippen MR) is 85.4 cm³/mol. The molecule has 2 aromatic rings. The Kier molecular flexibility index (Phi) is 5.28. The molecule has 0 fully saturated rings. The fraction of sp³-hybridized carbons (Fsp3) is 0.412. The van der Waals surface area contributed by atoms with E-state index in [1.54, 1.807) is 16.8 Å². The molecule has 0 aliphatic rings. The molecule has 1 heterocycles. The zero-order chi connectivity index (χ0) is 15.2. The molecule has 0 amide bonds. The summed E-state index contributed by atoms with van der Waals surface area (Å²) in [4.78, 5) is 15.6. The summed E-state index contributed by atoms with van der Waals surface area (Å²) in [6.07, 6.45) is 4.38. The smallest absolute Gasteiger partial charge is 0.308 e. The van der Waals surface area contributed by atoms with E-state index in [4.69, 9.17) is 0 Å². The van der Waals surface area contributed by atoms with Gasteiger partial charge in [0.15, 0.2) is 0 Å². The summed E-state index contributed by atoms with van der Waals surface area (Å²) in [6.45, 7) is 7.86. The molecular weight excluding hydrogens is 262 g/mol. The Balaban J connectivity index is 2.29. The summed E-state index contributed by atoms with van der Waals surface area (Å²) in [6, 6.07) is 8.44. The highest BCUT2D eigenvalue weighted by Gasteiger charge is 2.13. The standard InChI is InChI=1S/C17H23N3O/c1-4-6-18-16(12-20-8-5-7-19-17(20)21)15-10-13(2)9-14(3)11-15/h5,7-11,16,18H,4,6,12H2,1-3H3. The molecule has 4 nitrogen and oxygen atoms in total. The van der Waals surface area contributed by atoms with E-state index in [0.29, 0.717) is 6.54 Å². The number of aryl methyl sites for hydroxylation is 2. The van der Waals surface area contributed by atoms with Crippen molar-refractivity contribution in [1.29, 1.82) is 0 Å². The van der Waals surface area contributed by atoms with Crippen LogP contribution in [0.1, 0.15) is 36.1 Å². The van der Waals surface area contributed by atoms with Gasteiger partial charge in [-0.1, -0.05) is 36.2 Å². The first-order chi connectivity index (χ1) is 10.1. The second-order valence-corrected chi connectivity index (χ2v) is 5.48. The minimum Gasteiger partial charge on any atom is -0.308 e. The third kappa shape index (κ3) is 4.26. The van der Waals surface area contributed by atoms with E-state index in [1.807, 2.05) is 0 Å². The van der Waals surface area contributed by atoms with E-state index >= 15 is 0 Å². The molecule has 112 valence electrons. The lowest BCUT2D eigenvalue weighted by Gasteiger charge is -2.21. The molecule has 0 spiro atoms. The van der Waals surface area contributed by atoms with Crippen LogP contribution < -0.4 is 11.0 Å². The van der Waals surface area contributed by atoms with Gasteiger partial charge in [0.2, 0.25) is 0 Å². The summed E-state index contributed by atoms with van der Waals surface area (Å²) in [5.74, 6) is 0. The molecule has 0 bridgehead atoms. The van der Waals surface area contributed by atoms with Crippen molar-refractivity contribution in [1.82, 2.24) is 14.9 Å². The van der Waals surface area contributed by atoms with Crippen molar-refractivity contribution in [2.45, 2.75) is 39.8 Å². The maximum atomic E-state index is 11.8. The first kappa shape index (κ1) is 15.4. The molecule has 1 unspecified atom stereocenters. The second-order valence-electron chi connectivity index (χ2n) is 5.48. The summed E-state index contributed by atoms with van der Waals surface area (Å²) >= 11 is 0. The van der Waals surface area contributed by atoms with Gasteiger partial charge in [0, 0.05) is 18.9 Å². The summed E-state index contributed by atoms with van der Waals surface area (Å²) in [5, 5.41) is 3.53. The van der Waals surface area contributed by atoms with Crippen molar-refractivity contribution in [3.63, 3.8) is 0 Å². The third-order valence-corrected chi connectivity index (χ3v) is 3.45. The Morgan fingerprint density at radius 2 is 1.95 bits per heavy atom. The summed E-state index contributed by atoms with van der Waals surface area (Å²) in [7, 11) is 0. The van der Waals surface area contributed by atoms with E-state index in [2.05, 4.69) is 49.3 Å². The number of nitrogens with zero attached hydrogens (tertiary/aromatic N) is 2. The zero-order valence-corrected chi connectivity index (χ0v) is 13.0. The van der Waals surface area contributed by atoms with E-state index < -0.39 is 0 Å². The molecule has 1 N–H and O–H groups in total. The van der Waals surface area contributed by atoms with Crippen molar-refractivity contribution < 1.29 is 0 Å². The van der Waals surface area contributed by atoms with Crippen molar-refractivity contribution in [2.75, 3.05) is 6.54 Å². The third-order valence-electron chi connectivity index (χ3n) is 3.45. The predicted octanol–water partition coefficient (Wildman–Crippen LogP) is 2.60. The van der Waals surface area contributed by atoms with Gasteiger partial charge in [-0.3, -0.25) is 4.57 Å². The number of hydrogen-bond donors (Lipinski definition) is 1. The number of nitrogens with one attached hydrogen (secondary N) is 1. The quantitative estimate of drug-likeness (QED) is 0.887. The molecule has 0 aliphatic carbocycles. The normalized spacial score (nSPS) is 12.3. The molecule has 21 heavy (non-hydrogen) atoms. The SMILES string of the molecule is CCCNC(Cn1cccnc1=O)c1cc(C)cc(C)c1. The van der Waals surface area contributed by atoms with E-state index in [0.717, 1.165) is 13.0 Å². The minimum absolute atomic E-state index is 0.116. The van der Waals surface area contributed by atoms with E-state index in [-0.39, 0.29) is 11.7 Å². The Bertz CT molecular complexity index is 628. The van der Waals surface area contributed by atoms with Crippen LogP contribution >= 0.6 is 0 Å². The fourth-order valence-electron chi connectivity index (χ4n) is 2.54. The van der Waals surface area contributed by atoms with E-state index in [9.17, 15) is 4.79 Å². The molecule has 0 saturated heterocycles. The molecule has 1 aromatic heterocycles. The topological polar surface area (TPSA) is 46.9 Å². The number of benzene rings is 1.